The highest BCUT2D eigenvalue weighted by atomic mass is 16.5. The summed E-state index contributed by atoms with van der Waals surface area (Å²) in [6.07, 6.45) is 2.79. The predicted octanol–water partition coefficient (Wildman–Crippen LogP) is 2.60. The zero-order valence-electron chi connectivity index (χ0n) is 11.4. The van der Waals surface area contributed by atoms with E-state index in [2.05, 4.69) is 19.2 Å². The highest BCUT2D eigenvalue weighted by Gasteiger charge is 2.35. The molecule has 0 spiro atoms. The van der Waals surface area contributed by atoms with Crippen LogP contribution < -0.4 is 5.32 Å². The van der Waals surface area contributed by atoms with Crippen LogP contribution in [-0.2, 0) is 9.53 Å². The van der Waals surface area contributed by atoms with E-state index in [1.54, 1.807) is 0 Å². The maximum Gasteiger partial charge on any atom is 0.313 e. The highest BCUT2D eigenvalue weighted by molar-refractivity contribution is 5.76. The lowest BCUT2D eigenvalue weighted by molar-refractivity contribution is -0.153. The molecule has 0 aromatic rings. The van der Waals surface area contributed by atoms with E-state index in [-0.39, 0.29) is 11.4 Å². The number of ether oxygens (including phenoxy) is 1. The summed E-state index contributed by atoms with van der Waals surface area (Å²) < 4.78 is 4.90. The Labute approximate surface area is 99.9 Å². The zero-order chi connectivity index (χ0) is 12.6. The Kier molecular flexibility index (Phi) is 7.39. The van der Waals surface area contributed by atoms with Crippen molar-refractivity contribution < 1.29 is 9.53 Å². The third kappa shape index (κ3) is 4.52. The SMILES string of the molecule is CCC(CC)(CNCCC(C)C)C(=O)OC. The minimum atomic E-state index is -0.342. The van der Waals surface area contributed by atoms with E-state index in [4.69, 9.17) is 4.74 Å². The Balaban J connectivity index is 4.17. The molecule has 3 nitrogen and oxygen atoms in total. The Morgan fingerprint density at radius 1 is 1.31 bits per heavy atom. The molecule has 0 fully saturated rings. The third-order valence-corrected chi connectivity index (χ3v) is 3.33. The number of carbonyl (C=O) groups excluding carboxylic acids is 1. The van der Waals surface area contributed by atoms with Gasteiger partial charge < -0.3 is 10.1 Å². The van der Waals surface area contributed by atoms with Gasteiger partial charge in [-0.15, -0.1) is 0 Å². The van der Waals surface area contributed by atoms with Crippen molar-refractivity contribution in [2.24, 2.45) is 11.3 Å². The number of nitrogens with one attached hydrogen (secondary N) is 1. The van der Waals surface area contributed by atoms with E-state index >= 15 is 0 Å². The van der Waals surface area contributed by atoms with Crippen molar-refractivity contribution in [2.45, 2.75) is 47.0 Å². The smallest absolute Gasteiger partial charge is 0.313 e. The lowest BCUT2D eigenvalue weighted by Crippen LogP contribution is -2.41. The molecule has 0 heterocycles. The van der Waals surface area contributed by atoms with Crippen molar-refractivity contribution in [3.8, 4) is 0 Å². The largest absolute Gasteiger partial charge is 0.469 e. The number of methoxy groups -OCH3 is 1. The standard InChI is InChI=1S/C13H27NO2/c1-6-13(7-2,12(15)16-5)10-14-9-8-11(3)4/h11,14H,6-10H2,1-5H3. The molecule has 0 atom stereocenters. The van der Waals surface area contributed by atoms with Crippen LogP contribution in [0.1, 0.15) is 47.0 Å². The second-order valence-corrected chi connectivity index (χ2v) is 4.84. The summed E-state index contributed by atoms with van der Waals surface area (Å²) in [6, 6.07) is 0. The summed E-state index contributed by atoms with van der Waals surface area (Å²) in [5, 5.41) is 3.37. The molecule has 3 heteroatoms. The van der Waals surface area contributed by atoms with Crippen LogP contribution in [0.15, 0.2) is 0 Å². The first-order valence-corrected chi connectivity index (χ1v) is 6.31. The molecule has 0 saturated heterocycles. The number of rotatable bonds is 8. The first-order valence-electron chi connectivity index (χ1n) is 6.31. The first kappa shape index (κ1) is 15.4. The highest BCUT2D eigenvalue weighted by Crippen LogP contribution is 2.27. The molecular weight excluding hydrogens is 202 g/mol. The average molecular weight is 229 g/mol. The molecule has 0 aliphatic carbocycles. The normalized spacial score (nSPS) is 11.9. The lowest BCUT2D eigenvalue weighted by Gasteiger charge is -2.28. The Hall–Kier alpha value is -0.570. The lowest BCUT2D eigenvalue weighted by atomic mass is 9.82. The second kappa shape index (κ2) is 7.66. The summed E-state index contributed by atoms with van der Waals surface area (Å²) in [5.41, 5.74) is -0.342. The van der Waals surface area contributed by atoms with Crippen molar-refractivity contribution in [2.75, 3.05) is 20.2 Å². The molecule has 0 amide bonds. The van der Waals surface area contributed by atoms with Gasteiger partial charge in [-0.25, -0.2) is 0 Å². The van der Waals surface area contributed by atoms with Crippen molar-refractivity contribution in [1.82, 2.24) is 5.32 Å². The molecule has 0 saturated carbocycles. The van der Waals surface area contributed by atoms with Crippen LogP contribution >= 0.6 is 0 Å². The van der Waals surface area contributed by atoms with E-state index in [1.807, 2.05) is 13.8 Å². The first-order chi connectivity index (χ1) is 7.52. The molecule has 0 aliphatic rings. The second-order valence-electron chi connectivity index (χ2n) is 4.84. The van der Waals surface area contributed by atoms with Gasteiger partial charge in [-0.1, -0.05) is 27.7 Å². The van der Waals surface area contributed by atoms with E-state index in [0.29, 0.717) is 5.92 Å². The zero-order valence-corrected chi connectivity index (χ0v) is 11.4. The van der Waals surface area contributed by atoms with Crippen LogP contribution in [0.4, 0.5) is 0 Å². The van der Waals surface area contributed by atoms with Crippen molar-refractivity contribution >= 4 is 5.97 Å². The summed E-state index contributed by atoms with van der Waals surface area (Å²) >= 11 is 0. The minimum Gasteiger partial charge on any atom is -0.469 e. The van der Waals surface area contributed by atoms with Crippen LogP contribution in [0.5, 0.6) is 0 Å². The Morgan fingerprint density at radius 2 is 1.88 bits per heavy atom. The van der Waals surface area contributed by atoms with Gasteiger partial charge in [0, 0.05) is 6.54 Å². The summed E-state index contributed by atoms with van der Waals surface area (Å²) in [6.45, 7) is 10.2. The maximum atomic E-state index is 11.8. The Bertz CT molecular complexity index is 198. The fourth-order valence-electron chi connectivity index (χ4n) is 1.80. The van der Waals surface area contributed by atoms with Gasteiger partial charge in [0.2, 0.25) is 0 Å². The summed E-state index contributed by atoms with van der Waals surface area (Å²) in [4.78, 5) is 11.8. The number of hydrogen-bond donors (Lipinski definition) is 1. The van der Waals surface area contributed by atoms with E-state index in [1.165, 1.54) is 7.11 Å². The van der Waals surface area contributed by atoms with Crippen LogP contribution in [0.25, 0.3) is 0 Å². The molecule has 0 aliphatic heterocycles. The minimum absolute atomic E-state index is 0.0884. The predicted molar refractivity (Wildman–Crippen MR) is 67.4 cm³/mol. The molecular formula is C13H27NO2. The van der Waals surface area contributed by atoms with Crippen LogP contribution in [0.2, 0.25) is 0 Å². The fourth-order valence-corrected chi connectivity index (χ4v) is 1.80. The molecule has 0 unspecified atom stereocenters. The Morgan fingerprint density at radius 3 is 2.25 bits per heavy atom. The average Bonchev–Trinajstić information content (AvgIpc) is 2.29. The van der Waals surface area contributed by atoms with Gasteiger partial charge in [0.1, 0.15) is 0 Å². The maximum absolute atomic E-state index is 11.8. The van der Waals surface area contributed by atoms with Gasteiger partial charge in [-0.05, 0) is 31.7 Å². The molecule has 96 valence electrons. The molecule has 0 aromatic heterocycles. The van der Waals surface area contributed by atoms with Crippen LogP contribution in [0.3, 0.4) is 0 Å². The van der Waals surface area contributed by atoms with Gasteiger partial charge in [0.05, 0.1) is 12.5 Å². The molecule has 0 aromatic carbocycles. The van der Waals surface area contributed by atoms with E-state index in [0.717, 1.165) is 32.4 Å². The van der Waals surface area contributed by atoms with E-state index < -0.39 is 0 Å². The molecule has 0 rings (SSSR count). The molecule has 1 N–H and O–H groups in total. The molecule has 16 heavy (non-hydrogen) atoms. The van der Waals surface area contributed by atoms with Crippen molar-refractivity contribution in [3.63, 3.8) is 0 Å². The molecule has 0 radical (unpaired) electrons. The van der Waals surface area contributed by atoms with Gasteiger partial charge in [0.15, 0.2) is 0 Å². The summed E-state index contributed by atoms with van der Waals surface area (Å²) in [7, 11) is 1.47. The van der Waals surface area contributed by atoms with Gasteiger partial charge >= 0.3 is 5.97 Å². The number of esters is 1. The van der Waals surface area contributed by atoms with Gasteiger partial charge in [-0.3, -0.25) is 4.79 Å². The summed E-state index contributed by atoms with van der Waals surface area (Å²) in [5.74, 6) is 0.609. The quantitative estimate of drug-likeness (QED) is 0.513. The van der Waals surface area contributed by atoms with Crippen LogP contribution in [-0.4, -0.2) is 26.2 Å². The van der Waals surface area contributed by atoms with Crippen molar-refractivity contribution in [1.29, 1.82) is 0 Å². The third-order valence-electron chi connectivity index (χ3n) is 3.33. The monoisotopic (exact) mass is 229 g/mol. The van der Waals surface area contributed by atoms with E-state index in [9.17, 15) is 4.79 Å². The van der Waals surface area contributed by atoms with Gasteiger partial charge in [0.25, 0.3) is 0 Å². The molecule has 0 bridgehead atoms. The fraction of sp³-hybridized carbons (Fsp3) is 0.923. The van der Waals surface area contributed by atoms with Crippen molar-refractivity contribution in [3.05, 3.63) is 0 Å². The van der Waals surface area contributed by atoms with Crippen LogP contribution in [0, 0.1) is 11.3 Å². The number of hydrogen-bond acceptors (Lipinski definition) is 3. The topological polar surface area (TPSA) is 38.3 Å². The van der Waals surface area contributed by atoms with Gasteiger partial charge in [-0.2, -0.15) is 0 Å². The number of carbonyl (C=O) groups is 1.